The number of anilines is 1. The first kappa shape index (κ1) is 6.97. The van der Waals surface area contributed by atoms with Crippen LogP contribution in [-0.4, -0.2) is 17.1 Å². The van der Waals surface area contributed by atoms with Crippen molar-refractivity contribution in [3.63, 3.8) is 0 Å². The molecule has 4 nitrogen and oxygen atoms in total. The van der Waals surface area contributed by atoms with Gasteiger partial charge in [0.2, 0.25) is 0 Å². The molecule has 0 saturated carbocycles. The number of ether oxygens (including phenoxy) is 1. The number of aromatic nitrogens is 2. The van der Waals surface area contributed by atoms with Crippen LogP contribution in [-0.2, 0) is 0 Å². The van der Waals surface area contributed by atoms with Crippen LogP contribution in [0.15, 0.2) is 18.5 Å². The molecule has 0 amide bonds. The van der Waals surface area contributed by atoms with E-state index < -0.39 is 0 Å². The van der Waals surface area contributed by atoms with Crippen molar-refractivity contribution < 1.29 is 4.74 Å². The zero-order chi connectivity index (χ0) is 8.55. The SMILES string of the molecule is COc1ccc2[nH]cnc2c1N. The van der Waals surface area contributed by atoms with Gasteiger partial charge in [-0.1, -0.05) is 0 Å². The van der Waals surface area contributed by atoms with Gasteiger partial charge in [-0.25, -0.2) is 4.98 Å². The molecule has 62 valence electrons. The van der Waals surface area contributed by atoms with Gasteiger partial charge >= 0.3 is 0 Å². The van der Waals surface area contributed by atoms with Gasteiger partial charge in [0.25, 0.3) is 0 Å². The highest BCUT2D eigenvalue weighted by Crippen LogP contribution is 2.27. The molecule has 0 fully saturated rings. The van der Waals surface area contributed by atoms with Gasteiger partial charge in [0.15, 0.2) is 0 Å². The van der Waals surface area contributed by atoms with Crippen molar-refractivity contribution in [2.24, 2.45) is 0 Å². The Labute approximate surface area is 69.4 Å². The highest BCUT2D eigenvalue weighted by Gasteiger charge is 2.05. The maximum atomic E-state index is 5.77. The number of hydrogen-bond donors (Lipinski definition) is 2. The molecular formula is C8H9N3O. The number of rotatable bonds is 1. The minimum absolute atomic E-state index is 0.580. The van der Waals surface area contributed by atoms with Gasteiger partial charge in [0.1, 0.15) is 17.0 Å². The highest BCUT2D eigenvalue weighted by atomic mass is 16.5. The fourth-order valence-electron chi connectivity index (χ4n) is 1.19. The van der Waals surface area contributed by atoms with Gasteiger partial charge in [0, 0.05) is 0 Å². The summed E-state index contributed by atoms with van der Waals surface area (Å²) in [6.45, 7) is 0. The number of fused-ring (bicyclic) bond motifs is 1. The van der Waals surface area contributed by atoms with E-state index in [9.17, 15) is 0 Å². The fourth-order valence-corrected chi connectivity index (χ4v) is 1.19. The van der Waals surface area contributed by atoms with Gasteiger partial charge in [0.05, 0.1) is 19.0 Å². The molecule has 0 unspecified atom stereocenters. The second kappa shape index (κ2) is 2.41. The number of nitrogens with one attached hydrogen (secondary N) is 1. The summed E-state index contributed by atoms with van der Waals surface area (Å²) in [6, 6.07) is 3.70. The second-order valence-electron chi connectivity index (χ2n) is 2.48. The van der Waals surface area contributed by atoms with Crippen molar-refractivity contribution in [2.75, 3.05) is 12.8 Å². The molecule has 0 aliphatic rings. The van der Waals surface area contributed by atoms with E-state index in [1.54, 1.807) is 13.4 Å². The van der Waals surface area contributed by atoms with Crippen molar-refractivity contribution in [1.82, 2.24) is 9.97 Å². The van der Waals surface area contributed by atoms with E-state index in [1.165, 1.54) is 0 Å². The molecule has 0 radical (unpaired) electrons. The number of nitrogens with two attached hydrogens (primary N) is 1. The van der Waals surface area contributed by atoms with Gasteiger partial charge in [-0.2, -0.15) is 0 Å². The number of nitrogens with zero attached hydrogens (tertiary/aromatic N) is 1. The van der Waals surface area contributed by atoms with E-state index in [2.05, 4.69) is 9.97 Å². The summed E-state index contributed by atoms with van der Waals surface area (Å²) in [6.07, 6.45) is 1.61. The first-order valence-corrected chi connectivity index (χ1v) is 3.58. The Balaban J connectivity index is 2.78. The quantitative estimate of drug-likeness (QED) is 0.620. The van der Waals surface area contributed by atoms with Crippen LogP contribution in [0.25, 0.3) is 11.0 Å². The molecule has 0 bridgehead atoms. The Kier molecular flexibility index (Phi) is 1.40. The number of nitrogen functional groups attached to an aromatic ring is 1. The molecule has 1 heterocycles. The van der Waals surface area contributed by atoms with Crippen molar-refractivity contribution in [3.05, 3.63) is 18.5 Å². The van der Waals surface area contributed by atoms with Gasteiger partial charge in [-0.3, -0.25) is 0 Å². The molecule has 1 aromatic heterocycles. The lowest BCUT2D eigenvalue weighted by molar-refractivity contribution is 0.417. The number of hydrogen-bond acceptors (Lipinski definition) is 3. The lowest BCUT2D eigenvalue weighted by atomic mass is 10.2. The normalized spacial score (nSPS) is 10.4. The Morgan fingerprint density at radius 2 is 2.33 bits per heavy atom. The molecule has 0 atom stereocenters. The Hall–Kier alpha value is -1.71. The van der Waals surface area contributed by atoms with Crippen LogP contribution in [0.1, 0.15) is 0 Å². The Morgan fingerprint density at radius 3 is 3.08 bits per heavy atom. The number of imidazole rings is 1. The largest absolute Gasteiger partial charge is 0.495 e. The maximum absolute atomic E-state index is 5.77. The topological polar surface area (TPSA) is 63.9 Å². The second-order valence-corrected chi connectivity index (χ2v) is 2.48. The van der Waals surface area contributed by atoms with Crippen LogP contribution in [0.2, 0.25) is 0 Å². The van der Waals surface area contributed by atoms with Crippen molar-refractivity contribution in [3.8, 4) is 5.75 Å². The molecule has 12 heavy (non-hydrogen) atoms. The highest BCUT2D eigenvalue weighted by molar-refractivity contribution is 5.90. The Bertz CT molecular complexity index is 408. The number of benzene rings is 1. The lowest BCUT2D eigenvalue weighted by Crippen LogP contribution is -1.92. The first-order chi connectivity index (χ1) is 5.83. The molecule has 0 spiro atoms. The maximum Gasteiger partial charge on any atom is 0.144 e. The molecule has 1 aromatic carbocycles. The predicted molar refractivity (Wildman–Crippen MR) is 47.1 cm³/mol. The number of methoxy groups -OCH3 is 1. The van der Waals surface area contributed by atoms with Gasteiger partial charge in [-0.05, 0) is 12.1 Å². The van der Waals surface area contributed by atoms with Crippen molar-refractivity contribution in [1.29, 1.82) is 0 Å². The summed E-state index contributed by atoms with van der Waals surface area (Å²) in [7, 11) is 1.59. The summed E-state index contributed by atoms with van der Waals surface area (Å²) in [5.41, 5.74) is 8.03. The molecule has 0 aliphatic heterocycles. The molecule has 0 aliphatic carbocycles. The van der Waals surface area contributed by atoms with Crippen LogP contribution in [0.3, 0.4) is 0 Å². The van der Waals surface area contributed by atoms with Crippen molar-refractivity contribution >= 4 is 16.7 Å². The van der Waals surface area contributed by atoms with Crippen LogP contribution in [0, 0.1) is 0 Å². The zero-order valence-electron chi connectivity index (χ0n) is 6.66. The van der Waals surface area contributed by atoms with Gasteiger partial charge < -0.3 is 15.5 Å². The van der Waals surface area contributed by atoms with E-state index in [4.69, 9.17) is 10.5 Å². The standard InChI is InChI=1S/C8H9N3O/c1-12-6-3-2-5-8(7(6)9)11-4-10-5/h2-4H,9H2,1H3,(H,10,11). The monoisotopic (exact) mass is 163 g/mol. The minimum atomic E-state index is 0.580. The van der Waals surface area contributed by atoms with Crippen LogP contribution in [0.4, 0.5) is 5.69 Å². The third-order valence-corrected chi connectivity index (χ3v) is 1.81. The lowest BCUT2D eigenvalue weighted by Gasteiger charge is -2.02. The average molecular weight is 163 g/mol. The molecular weight excluding hydrogens is 154 g/mol. The van der Waals surface area contributed by atoms with E-state index in [0.717, 1.165) is 11.0 Å². The molecule has 3 N–H and O–H groups in total. The van der Waals surface area contributed by atoms with Crippen LogP contribution in [0.5, 0.6) is 5.75 Å². The summed E-state index contributed by atoms with van der Waals surface area (Å²) >= 11 is 0. The summed E-state index contributed by atoms with van der Waals surface area (Å²) < 4.78 is 5.04. The number of aromatic amines is 1. The van der Waals surface area contributed by atoms with E-state index in [-0.39, 0.29) is 0 Å². The average Bonchev–Trinajstić information content (AvgIpc) is 2.53. The predicted octanol–water partition coefficient (Wildman–Crippen LogP) is 1.15. The molecule has 2 aromatic rings. The van der Waals surface area contributed by atoms with Gasteiger partial charge in [-0.15, -0.1) is 0 Å². The fraction of sp³-hybridized carbons (Fsp3) is 0.125. The summed E-state index contributed by atoms with van der Waals surface area (Å²) in [4.78, 5) is 7.03. The molecule has 2 rings (SSSR count). The van der Waals surface area contributed by atoms with E-state index in [0.29, 0.717) is 11.4 Å². The smallest absolute Gasteiger partial charge is 0.144 e. The van der Waals surface area contributed by atoms with E-state index >= 15 is 0 Å². The summed E-state index contributed by atoms with van der Waals surface area (Å²) in [5, 5.41) is 0. The summed E-state index contributed by atoms with van der Waals surface area (Å²) in [5.74, 6) is 0.662. The minimum Gasteiger partial charge on any atom is -0.495 e. The zero-order valence-corrected chi connectivity index (χ0v) is 6.66. The first-order valence-electron chi connectivity index (χ1n) is 3.58. The van der Waals surface area contributed by atoms with Crippen LogP contribution >= 0.6 is 0 Å². The van der Waals surface area contributed by atoms with Crippen LogP contribution < -0.4 is 10.5 Å². The van der Waals surface area contributed by atoms with E-state index in [1.807, 2.05) is 12.1 Å². The number of H-pyrrole nitrogens is 1. The molecule has 0 saturated heterocycles. The third-order valence-electron chi connectivity index (χ3n) is 1.81. The Morgan fingerprint density at radius 1 is 1.50 bits per heavy atom. The van der Waals surface area contributed by atoms with Crippen molar-refractivity contribution in [2.45, 2.75) is 0 Å². The third kappa shape index (κ3) is 0.812. The molecule has 4 heteroatoms.